The van der Waals surface area contributed by atoms with Crippen LogP contribution in [-0.2, 0) is 0 Å². The van der Waals surface area contributed by atoms with Gasteiger partial charge in [-0.1, -0.05) is 26.8 Å². The van der Waals surface area contributed by atoms with E-state index < -0.39 is 0 Å². The molecule has 20 heavy (non-hydrogen) atoms. The third kappa shape index (κ3) is 3.76. The Labute approximate surface area is 124 Å². The Kier molecular flexibility index (Phi) is 5.09. The zero-order chi connectivity index (χ0) is 14.7. The van der Waals surface area contributed by atoms with Gasteiger partial charge in [-0.25, -0.2) is 0 Å². The molecule has 1 fully saturated rings. The minimum atomic E-state index is 0.624. The fourth-order valence-corrected chi connectivity index (χ4v) is 3.39. The maximum atomic E-state index is 3.74. The van der Waals surface area contributed by atoms with Crippen LogP contribution in [-0.4, -0.2) is 25.2 Å². The summed E-state index contributed by atoms with van der Waals surface area (Å²) in [4.78, 5) is 2.63. The molecule has 1 saturated heterocycles. The molecule has 2 atom stereocenters. The molecule has 0 radical (unpaired) electrons. The summed E-state index contributed by atoms with van der Waals surface area (Å²) in [6, 6.07) is 8.19. The van der Waals surface area contributed by atoms with Crippen LogP contribution >= 0.6 is 0 Å². The second kappa shape index (κ2) is 6.62. The van der Waals surface area contributed by atoms with Crippen LogP contribution in [0.4, 0.5) is 5.69 Å². The second-order valence-electron chi connectivity index (χ2n) is 6.80. The largest absolute Gasteiger partial charge is 0.366 e. The fourth-order valence-electron chi connectivity index (χ4n) is 3.39. The maximum Gasteiger partial charge on any atom is 0.0412 e. The zero-order valence-corrected chi connectivity index (χ0v) is 13.7. The molecule has 1 heterocycles. The summed E-state index contributed by atoms with van der Waals surface area (Å²) < 4.78 is 0. The van der Waals surface area contributed by atoms with Crippen molar-refractivity contribution in [1.29, 1.82) is 0 Å². The predicted molar refractivity (Wildman–Crippen MR) is 88.6 cm³/mol. The van der Waals surface area contributed by atoms with E-state index in [-0.39, 0.29) is 0 Å². The molecule has 1 aliphatic heterocycles. The molecule has 2 heteroatoms. The molecular weight excluding hydrogens is 244 g/mol. The summed E-state index contributed by atoms with van der Waals surface area (Å²) in [5.41, 5.74) is 4.15. The Bertz CT molecular complexity index is 419. The Morgan fingerprint density at radius 2 is 1.85 bits per heavy atom. The molecular formula is C18H30N2. The molecule has 0 saturated carbocycles. The van der Waals surface area contributed by atoms with Gasteiger partial charge in [0, 0.05) is 30.9 Å². The van der Waals surface area contributed by atoms with Gasteiger partial charge in [-0.3, -0.25) is 0 Å². The lowest BCUT2D eigenvalue weighted by Crippen LogP contribution is -2.56. The van der Waals surface area contributed by atoms with Gasteiger partial charge in [0.15, 0.2) is 0 Å². The van der Waals surface area contributed by atoms with E-state index in [0.717, 1.165) is 19.0 Å². The first-order valence-electron chi connectivity index (χ1n) is 8.08. The molecule has 1 aliphatic rings. The first kappa shape index (κ1) is 15.4. The van der Waals surface area contributed by atoms with Gasteiger partial charge in [0.2, 0.25) is 0 Å². The molecule has 2 rings (SSSR count). The third-order valence-electron chi connectivity index (χ3n) is 4.27. The first-order chi connectivity index (χ1) is 9.49. The van der Waals surface area contributed by atoms with E-state index in [1.807, 2.05) is 0 Å². The maximum absolute atomic E-state index is 3.74. The van der Waals surface area contributed by atoms with Gasteiger partial charge in [-0.2, -0.15) is 0 Å². The van der Waals surface area contributed by atoms with Crippen LogP contribution in [0.15, 0.2) is 18.2 Å². The summed E-state index contributed by atoms with van der Waals surface area (Å²) >= 11 is 0. The molecule has 0 aliphatic carbocycles. The van der Waals surface area contributed by atoms with E-state index in [1.54, 1.807) is 0 Å². The summed E-state index contributed by atoms with van der Waals surface area (Å²) in [5.74, 6) is 0.756. The lowest BCUT2D eigenvalue weighted by Gasteiger charge is -2.42. The van der Waals surface area contributed by atoms with Crippen molar-refractivity contribution in [3.8, 4) is 0 Å². The average Bonchev–Trinajstić information content (AvgIpc) is 2.36. The van der Waals surface area contributed by atoms with Gasteiger partial charge in [0.1, 0.15) is 0 Å². The van der Waals surface area contributed by atoms with E-state index in [1.165, 1.54) is 29.7 Å². The van der Waals surface area contributed by atoms with Crippen LogP contribution in [0.5, 0.6) is 0 Å². The number of nitrogens with one attached hydrogen (secondary N) is 1. The van der Waals surface area contributed by atoms with E-state index in [4.69, 9.17) is 0 Å². The molecule has 2 unspecified atom stereocenters. The highest BCUT2D eigenvalue weighted by Gasteiger charge is 2.27. The highest BCUT2D eigenvalue weighted by Crippen LogP contribution is 2.25. The van der Waals surface area contributed by atoms with Crippen molar-refractivity contribution in [2.24, 2.45) is 5.92 Å². The Balaban J connectivity index is 2.19. The van der Waals surface area contributed by atoms with Crippen molar-refractivity contribution in [3.05, 3.63) is 29.3 Å². The van der Waals surface area contributed by atoms with Gasteiger partial charge in [-0.05, 0) is 55.9 Å². The van der Waals surface area contributed by atoms with Crippen LogP contribution in [0.2, 0.25) is 0 Å². The number of hydrogen-bond acceptors (Lipinski definition) is 2. The minimum Gasteiger partial charge on any atom is -0.366 e. The number of nitrogens with zero attached hydrogens (tertiary/aromatic N) is 1. The number of aryl methyl sites for hydroxylation is 2. The van der Waals surface area contributed by atoms with Gasteiger partial charge in [0.25, 0.3) is 0 Å². The van der Waals surface area contributed by atoms with Crippen LogP contribution in [0.1, 0.15) is 44.7 Å². The predicted octanol–water partition coefficient (Wildman–Crippen LogP) is 3.91. The molecule has 0 bridgehead atoms. The van der Waals surface area contributed by atoms with Crippen molar-refractivity contribution in [2.45, 2.75) is 59.5 Å². The highest BCUT2D eigenvalue weighted by molar-refractivity contribution is 5.52. The van der Waals surface area contributed by atoms with Crippen LogP contribution in [0.3, 0.4) is 0 Å². The number of hydrogen-bond donors (Lipinski definition) is 1. The van der Waals surface area contributed by atoms with E-state index >= 15 is 0 Å². The summed E-state index contributed by atoms with van der Waals surface area (Å²) in [7, 11) is 0. The normalized spacial score (nSPS) is 23.4. The Morgan fingerprint density at radius 1 is 1.20 bits per heavy atom. The van der Waals surface area contributed by atoms with Gasteiger partial charge in [0.05, 0.1) is 0 Å². The fraction of sp³-hybridized carbons (Fsp3) is 0.667. The van der Waals surface area contributed by atoms with Gasteiger partial charge < -0.3 is 10.2 Å². The molecule has 112 valence electrons. The second-order valence-corrected chi connectivity index (χ2v) is 6.80. The van der Waals surface area contributed by atoms with Gasteiger partial charge >= 0.3 is 0 Å². The quantitative estimate of drug-likeness (QED) is 0.895. The third-order valence-corrected chi connectivity index (χ3v) is 4.27. The molecule has 1 aromatic carbocycles. The van der Waals surface area contributed by atoms with Crippen molar-refractivity contribution in [3.63, 3.8) is 0 Å². The molecule has 1 N–H and O–H groups in total. The molecule has 0 aromatic heterocycles. The average molecular weight is 274 g/mol. The summed E-state index contributed by atoms with van der Waals surface area (Å²) in [5, 5.41) is 3.74. The molecule has 0 spiro atoms. The van der Waals surface area contributed by atoms with Crippen molar-refractivity contribution < 1.29 is 0 Å². The Morgan fingerprint density at radius 3 is 2.40 bits per heavy atom. The van der Waals surface area contributed by atoms with Crippen molar-refractivity contribution in [1.82, 2.24) is 5.32 Å². The number of rotatable bonds is 4. The van der Waals surface area contributed by atoms with Crippen molar-refractivity contribution >= 4 is 5.69 Å². The van der Waals surface area contributed by atoms with E-state index in [9.17, 15) is 0 Å². The van der Waals surface area contributed by atoms with Crippen molar-refractivity contribution in [2.75, 3.05) is 18.0 Å². The highest BCUT2D eigenvalue weighted by atomic mass is 15.2. The SMILES string of the molecule is CCC1CNC(CC(C)C)CN1c1cc(C)cc(C)c1. The van der Waals surface area contributed by atoms with E-state index in [0.29, 0.717) is 12.1 Å². The number of piperazine rings is 1. The van der Waals surface area contributed by atoms with Gasteiger partial charge in [-0.15, -0.1) is 0 Å². The molecule has 1 aromatic rings. The number of anilines is 1. The lowest BCUT2D eigenvalue weighted by atomic mass is 9.98. The zero-order valence-electron chi connectivity index (χ0n) is 13.7. The van der Waals surface area contributed by atoms with Crippen LogP contribution < -0.4 is 10.2 Å². The number of benzene rings is 1. The standard InChI is InChI=1S/C18H30N2/c1-6-17-11-19-16(7-13(2)3)12-20(17)18-9-14(4)8-15(5)10-18/h8-10,13,16-17,19H,6-7,11-12H2,1-5H3. The monoisotopic (exact) mass is 274 g/mol. The summed E-state index contributed by atoms with van der Waals surface area (Å²) in [6.07, 6.45) is 2.46. The molecule has 2 nitrogen and oxygen atoms in total. The molecule has 0 amide bonds. The van der Waals surface area contributed by atoms with Crippen LogP contribution in [0, 0.1) is 19.8 Å². The lowest BCUT2D eigenvalue weighted by molar-refractivity contribution is 0.343. The Hall–Kier alpha value is -1.02. The van der Waals surface area contributed by atoms with E-state index in [2.05, 4.69) is 63.0 Å². The van der Waals surface area contributed by atoms with Crippen LogP contribution in [0.25, 0.3) is 0 Å². The topological polar surface area (TPSA) is 15.3 Å². The first-order valence-corrected chi connectivity index (χ1v) is 8.08. The smallest absolute Gasteiger partial charge is 0.0412 e. The summed E-state index contributed by atoms with van der Waals surface area (Å²) in [6.45, 7) is 13.6. The minimum absolute atomic E-state index is 0.624.